The molecular weight excluding hydrogens is 520 g/mol. The zero-order valence-corrected chi connectivity index (χ0v) is 24.8. The first-order valence-corrected chi connectivity index (χ1v) is 15.1. The molecule has 5 rings (SSSR count). The van der Waals surface area contributed by atoms with Gasteiger partial charge < -0.3 is 20.0 Å². The second-order valence-electron chi connectivity index (χ2n) is 13.1. The normalized spacial score (nSPS) is 35.8. The second-order valence-corrected chi connectivity index (χ2v) is 13.1. The number of hydrogen-bond donors (Lipinski definition) is 2. The number of hydrogen-bond acceptors (Lipinski definition) is 7. The summed E-state index contributed by atoms with van der Waals surface area (Å²) in [6, 6.07) is 8.65. The summed E-state index contributed by atoms with van der Waals surface area (Å²) in [5.41, 5.74) is 1.71. The molecule has 6 unspecified atom stereocenters. The van der Waals surface area contributed by atoms with Crippen molar-refractivity contribution in [2.24, 2.45) is 33.7 Å². The smallest absolute Gasteiger partial charge is 0.328 e. The lowest BCUT2D eigenvalue weighted by Gasteiger charge is -2.59. The molecule has 0 radical (unpaired) electrons. The molecule has 1 aromatic rings. The number of nitrogens with one attached hydrogen (secondary N) is 1. The summed E-state index contributed by atoms with van der Waals surface area (Å²) in [6.45, 7) is 5.81. The Balaban J connectivity index is 1.20. The van der Waals surface area contributed by atoms with Crippen LogP contribution in [0.2, 0.25) is 0 Å². The lowest BCUT2D eigenvalue weighted by molar-refractivity contribution is -0.159. The number of aliphatic hydroxyl groups is 1. The van der Waals surface area contributed by atoms with Crippen molar-refractivity contribution < 1.29 is 29.1 Å². The molecule has 2 N–H and O–H groups in total. The molecule has 4 aliphatic rings. The maximum Gasteiger partial charge on any atom is 0.328 e. The lowest BCUT2D eigenvalue weighted by Crippen LogP contribution is -2.57. The van der Waals surface area contributed by atoms with Crippen molar-refractivity contribution in [2.45, 2.75) is 90.2 Å². The number of carbonyl (C=O) groups excluding carboxylic acids is 3. The van der Waals surface area contributed by atoms with E-state index in [2.05, 4.69) is 30.4 Å². The van der Waals surface area contributed by atoms with Crippen LogP contribution in [-0.2, 0) is 30.4 Å². The summed E-state index contributed by atoms with van der Waals surface area (Å²) in [5, 5.41) is 18.4. The first-order valence-electron chi connectivity index (χ1n) is 15.1. The minimum absolute atomic E-state index is 0.0722. The fourth-order valence-corrected chi connectivity index (χ4v) is 8.83. The van der Waals surface area contributed by atoms with Gasteiger partial charge in [0.15, 0.2) is 12.4 Å². The van der Waals surface area contributed by atoms with Crippen molar-refractivity contribution >= 4 is 23.4 Å². The van der Waals surface area contributed by atoms with Gasteiger partial charge in [0, 0.05) is 11.8 Å². The Morgan fingerprint density at radius 2 is 1.78 bits per heavy atom. The van der Waals surface area contributed by atoms with Crippen LogP contribution in [0.3, 0.4) is 0 Å². The number of carbonyl (C=O) groups is 3. The van der Waals surface area contributed by atoms with Crippen LogP contribution < -0.4 is 5.32 Å². The minimum atomic E-state index is -1.19. The Labute approximate surface area is 242 Å². The summed E-state index contributed by atoms with van der Waals surface area (Å²) in [4.78, 5) is 42.8. The van der Waals surface area contributed by atoms with Crippen molar-refractivity contribution in [1.29, 1.82) is 0 Å². The number of ketones is 1. The van der Waals surface area contributed by atoms with Gasteiger partial charge in [-0.3, -0.25) is 9.59 Å². The molecule has 222 valence electrons. The van der Waals surface area contributed by atoms with Gasteiger partial charge in [-0.25, -0.2) is 4.79 Å². The van der Waals surface area contributed by atoms with Gasteiger partial charge in [0.2, 0.25) is 0 Å². The van der Waals surface area contributed by atoms with Crippen molar-refractivity contribution in [1.82, 2.24) is 5.32 Å². The second kappa shape index (κ2) is 11.3. The fourth-order valence-electron chi connectivity index (χ4n) is 8.83. The van der Waals surface area contributed by atoms with E-state index in [-0.39, 0.29) is 23.2 Å². The lowest BCUT2D eigenvalue weighted by atomic mass is 9.46. The van der Waals surface area contributed by atoms with Crippen LogP contribution in [0.1, 0.15) is 77.7 Å². The first kappa shape index (κ1) is 29.5. The molecular formula is C33H44N2O6. The topological polar surface area (TPSA) is 114 Å². The Bertz CT molecular complexity index is 1240. The molecule has 41 heavy (non-hydrogen) atoms. The zero-order chi connectivity index (χ0) is 29.4. The van der Waals surface area contributed by atoms with Gasteiger partial charge in [-0.1, -0.05) is 54.9 Å². The predicted octanol–water partition coefficient (Wildman–Crippen LogP) is 4.54. The third-order valence-corrected chi connectivity index (χ3v) is 11.2. The number of oxime groups is 1. The quantitative estimate of drug-likeness (QED) is 0.354. The Morgan fingerprint density at radius 3 is 2.49 bits per heavy atom. The summed E-state index contributed by atoms with van der Waals surface area (Å²) in [6.07, 6.45) is 9.68. The van der Waals surface area contributed by atoms with Crippen molar-refractivity contribution in [3.05, 3.63) is 47.5 Å². The number of fused-ring (bicyclic) bond motifs is 5. The molecule has 3 saturated carbocycles. The summed E-state index contributed by atoms with van der Waals surface area (Å²) in [5.74, 6) is 0.409. The van der Waals surface area contributed by atoms with E-state index < -0.39 is 23.5 Å². The minimum Gasteiger partial charge on any atom is -0.467 e. The van der Waals surface area contributed by atoms with Crippen molar-refractivity contribution in [3.8, 4) is 0 Å². The van der Waals surface area contributed by atoms with Gasteiger partial charge in [-0.15, -0.1) is 0 Å². The number of methoxy groups -OCH3 is 1. The molecule has 8 heteroatoms. The monoisotopic (exact) mass is 564 g/mol. The summed E-state index contributed by atoms with van der Waals surface area (Å²) >= 11 is 0. The molecule has 0 bridgehead atoms. The predicted molar refractivity (Wildman–Crippen MR) is 155 cm³/mol. The molecule has 7 atom stereocenters. The molecule has 0 heterocycles. The molecule has 8 nitrogen and oxygen atoms in total. The van der Waals surface area contributed by atoms with E-state index in [9.17, 15) is 19.5 Å². The van der Waals surface area contributed by atoms with E-state index >= 15 is 0 Å². The van der Waals surface area contributed by atoms with Crippen LogP contribution >= 0.6 is 0 Å². The van der Waals surface area contributed by atoms with Gasteiger partial charge in [-0.2, -0.15) is 0 Å². The number of allylic oxidation sites excluding steroid dienone is 2. The number of ether oxygens (including phenoxy) is 1. The van der Waals surface area contributed by atoms with Crippen LogP contribution in [0.25, 0.3) is 0 Å². The van der Waals surface area contributed by atoms with E-state index in [4.69, 9.17) is 9.57 Å². The highest BCUT2D eigenvalue weighted by atomic mass is 16.6. The highest BCUT2D eigenvalue weighted by Crippen LogP contribution is 2.67. The van der Waals surface area contributed by atoms with Crippen molar-refractivity contribution in [2.75, 3.05) is 13.7 Å². The van der Waals surface area contributed by atoms with E-state index in [1.54, 1.807) is 6.92 Å². The fraction of sp³-hybridized carbons (Fsp3) is 0.636. The SMILES string of the molecule is COC(=O)C(Cc1ccccc1)NC(=O)CO/N=C1/C=C2CCC3C(CCC4(C)C3CC[C@]4(O)C(C)=O)C2(C)CC1. The molecule has 0 saturated heterocycles. The summed E-state index contributed by atoms with van der Waals surface area (Å²) in [7, 11) is 1.30. The van der Waals surface area contributed by atoms with Crippen LogP contribution in [0.4, 0.5) is 0 Å². The first-order chi connectivity index (χ1) is 19.5. The molecule has 0 aromatic heterocycles. The molecule has 1 amide bonds. The molecule has 0 spiro atoms. The maximum absolute atomic E-state index is 12.6. The van der Waals surface area contributed by atoms with Gasteiger partial charge in [0.1, 0.15) is 11.6 Å². The summed E-state index contributed by atoms with van der Waals surface area (Å²) < 4.78 is 4.87. The van der Waals surface area contributed by atoms with Gasteiger partial charge in [0.25, 0.3) is 5.91 Å². The number of amides is 1. The number of esters is 1. The average Bonchev–Trinajstić information content (AvgIpc) is 3.24. The number of nitrogens with zero attached hydrogens (tertiary/aromatic N) is 1. The van der Waals surface area contributed by atoms with Crippen molar-refractivity contribution in [3.63, 3.8) is 0 Å². The van der Waals surface area contributed by atoms with E-state index in [0.717, 1.165) is 56.2 Å². The maximum atomic E-state index is 12.6. The van der Waals surface area contributed by atoms with E-state index in [1.807, 2.05) is 30.3 Å². The van der Waals surface area contributed by atoms with Gasteiger partial charge >= 0.3 is 5.97 Å². The van der Waals surface area contributed by atoms with E-state index in [1.165, 1.54) is 12.7 Å². The Hall–Kier alpha value is -3.00. The Morgan fingerprint density at radius 1 is 1.05 bits per heavy atom. The van der Waals surface area contributed by atoms with E-state index in [0.29, 0.717) is 30.6 Å². The average molecular weight is 565 g/mol. The highest BCUT2D eigenvalue weighted by Gasteiger charge is 2.65. The van der Waals surface area contributed by atoms with Gasteiger partial charge in [0.05, 0.1) is 12.8 Å². The van der Waals surface area contributed by atoms with Crippen LogP contribution in [0, 0.1) is 28.6 Å². The molecule has 0 aliphatic heterocycles. The van der Waals surface area contributed by atoms with Crippen LogP contribution in [0.5, 0.6) is 0 Å². The molecule has 3 fully saturated rings. The Kier molecular flexibility index (Phi) is 8.16. The zero-order valence-electron chi connectivity index (χ0n) is 24.8. The molecule has 4 aliphatic carbocycles. The molecule has 1 aromatic carbocycles. The third kappa shape index (κ3) is 5.24. The number of benzene rings is 1. The standard InChI is InChI=1S/C33H44N2O6/c1-21(36)33(39)17-14-27-25-11-10-23-19-24(12-15-31(23,2)26(25)13-16-32(27,33)3)35-41-20-29(37)34-28(30(38)40-4)18-22-8-6-5-7-9-22/h5-9,19,25-28,39H,10-18,20H2,1-4H3,(H,34,37)/b35-24+/t25?,26?,27?,28?,31?,32?,33-/m0/s1. The highest BCUT2D eigenvalue weighted by molar-refractivity contribution is 5.96. The van der Waals surface area contributed by atoms with Crippen LogP contribution in [-0.4, -0.2) is 53.8 Å². The number of rotatable bonds is 8. The van der Waals surface area contributed by atoms with Crippen LogP contribution in [0.15, 0.2) is 47.1 Å². The largest absolute Gasteiger partial charge is 0.467 e. The van der Waals surface area contributed by atoms with Gasteiger partial charge in [-0.05, 0) is 93.1 Å². The third-order valence-electron chi connectivity index (χ3n) is 11.2. The number of Topliss-reactive ketones (excluding diaryl/α,β-unsaturated/α-hetero) is 1.